The molecular formula is C13H13N7O. The third-order valence-corrected chi connectivity index (χ3v) is 3.07. The molecule has 106 valence electrons. The first-order valence-electron chi connectivity index (χ1n) is 6.35. The van der Waals surface area contributed by atoms with Crippen LogP contribution >= 0.6 is 0 Å². The summed E-state index contributed by atoms with van der Waals surface area (Å²) in [5.41, 5.74) is 2.16. The van der Waals surface area contributed by atoms with Crippen LogP contribution in [0.2, 0.25) is 0 Å². The lowest BCUT2D eigenvalue weighted by Crippen LogP contribution is -2.26. The molecule has 8 nitrogen and oxygen atoms in total. The summed E-state index contributed by atoms with van der Waals surface area (Å²) in [4.78, 5) is 15.8. The van der Waals surface area contributed by atoms with Gasteiger partial charge in [-0.2, -0.15) is 20.5 Å². The Morgan fingerprint density at radius 3 is 2.76 bits per heavy atom. The van der Waals surface area contributed by atoms with Crippen molar-refractivity contribution >= 4 is 5.91 Å². The molecule has 0 fully saturated rings. The van der Waals surface area contributed by atoms with Crippen molar-refractivity contribution in [3.05, 3.63) is 54.4 Å². The van der Waals surface area contributed by atoms with E-state index in [0.29, 0.717) is 0 Å². The maximum Gasteiger partial charge on any atom is 0.273 e. The number of hydrogen-bond donors (Lipinski definition) is 2. The number of amides is 1. The molecular weight excluding hydrogens is 270 g/mol. The van der Waals surface area contributed by atoms with Gasteiger partial charge in [0.1, 0.15) is 12.7 Å². The lowest BCUT2D eigenvalue weighted by Gasteiger charge is -2.13. The summed E-state index contributed by atoms with van der Waals surface area (Å²) in [5, 5.41) is 16.7. The van der Waals surface area contributed by atoms with Crippen molar-refractivity contribution in [1.29, 1.82) is 0 Å². The average molecular weight is 283 g/mol. The topological polar surface area (TPSA) is 101 Å². The average Bonchev–Trinajstić information content (AvgIpc) is 3.20. The number of hydrogen-bond acceptors (Lipinski definition) is 5. The molecule has 21 heavy (non-hydrogen) atoms. The van der Waals surface area contributed by atoms with Crippen LogP contribution in [-0.4, -0.2) is 36.1 Å². The number of carbonyl (C=O) groups is 1. The maximum absolute atomic E-state index is 11.9. The number of nitrogens with one attached hydrogen (secondary N) is 2. The summed E-state index contributed by atoms with van der Waals surface area (Å²) in [6.07, 6.45) is 4.50. The highest BCUT2D eigenvalue weighted by atomic mass is 16.2. The number of H-pyrrole nitrogens is 1. The molecule has 0 radical (unpaired) electrons. The molecule has 0 unspecified atom stereocenters. The van der Waals surface area contributed by atoms with E-state index in [9.17, 15) is 4.79 Å². The zero-order valence-corrected chi connectivity index (χ0v) is 11.3. The van der Waals surface area contributed by atoms with Crippen molar-refractivity contribution in [2.75, 3.05) is 0 Å². The Labute approximate surface area is 120 Å². The smallest absolute Gasteiger partial charge is 0.273 e. The van der Waals surface area contributed by atoms with Crippen molar-refractivity contribution in [2.45, 2.75) is 13.0 Å². The highest BCUT2D eigenvalue weighted by molar-refractivity contribution is 5.92. The van der Waals surface area contributed by atoms with Gasteiger partial charge in [-0.1, -0.05) is 12.1 Å². The molecule has 0 saturated heterocycles. The molecule has 0 bridgehead atoms. The van der Waals surface area contributed by atoms with Gasteiger partial charge in [-0.3, -0.25) is 4.79 Å². The van der Waals surface area contributed by atoms with Gasteiger partial charge in [0.25, 0.3) is 5.91 Å². The molecule has 0 spiro atoms. The van der Waals surface area contributed by atoms with E-state index >= 15 is 0 Å². The lowest BCUT2D eigenvalue weighted by atomic mass is 10.1. The van der Waals surface area contributed by atoms with Crippen LogP contribution in [0.3, 0.4) is 0 Å². The summed E-state index contributed by atoms with van der Waals surface area (Å²) < 4.78 is 1.67. The number of benzene rings is 1. The second-order valence-electron chi connectivity index (χ2n) is 4.48. The van der Waals surface area contributed by atoms with E-state index in [1.807, 2.05) is 31.2 Å². The Morgan fingerprint density at radius 2 is 2.14 bits per heavy atom. The predicted molar refractivity (Wildman–Crippen MR) is 73.6 cm³/mol. The van der Waals surface area contributed by atoms with E-state index in [2.05, 4.69) is 30.8 Å². The van der Waals surface area contributed by atoms with Crippen molar-refractivity contribution < 1.29 is 4.79 Å². The molecule has 2 heterocycles. The quantitative estimate of drug-likeness (QED) is 0.740. The van der Waals surface area contributed by atoms with Gasteiger partial charge in [-0.05, 0) is 24.6 Å². The van der Waals surface area contributed by atoms with Gasteiger partial charge in [-0.25, -0.2) is 9.67 Å². The van der Waals surface area contributed by atoms with Crippen molar-refractivity contribution in [1.82, 2.24) is 35.5 Å². The van der Waals surface area contributed by atoms with Gasteiger partial charge in [0.15, 0.2) is 5.69 Å². The van der Waals surface area contributed by atoms with Gasteiger partial charge in [0.05, 0.1) is 17.9 Å². The van der Waals surface area contributed by atoms with Crippen LogP contribution < -0.4 is 5.32 Å². The second kappa shape index (κ2) is 5.53. The first-order chi connectivity index (χ1) is 10.2. The number of aromatic amines is 1. The number of carbonyl (C=O) groups excluding carboxylic acids is 1. The summed E-state index contributed by atoms with van der Waals surface area (Å²) in [7, 11) is 0. The minimum Gasteiger partial charge on any atom is -0.344 e. The zero-order chi connectivity index (χ0) is 14.7. The normalized spacial score (nSPS) is 12.0. The van der Waals surface area contributed by atoms with Crippen LogP contribution in [-0.2, 0) is 0 Å². The van der Waals surface area contributed by atoms with Gasteiger partial charge in [-0.15, -0.1) is 0 Å². The van der Waals surface area contributed by atoms with E-state index in [-0.39, 0.29) is 17.6 Å². The summed E-state index contributed by atoms with van der Waals surface area (Å²) >= 11 is 0. The number of rotatable bonds is 4. The highest BCUT2D eigenvalue weighted by Crippen LogP contribution is 2.15. The van der Waals surface area contributed by atoms with Crippen LogP contribution in [0.1, 0.15) is 29.0 Å². The molecule has 0 aliphatic carbocycles. The molecule has 1 amide bonds. The fourth-order valence-corrected chi connectivity index (χ4v) is 1.92. The van der Waals surface area contributed by atoms with Crippen LogP contribution in [0.25, 0.3) is 5.69 Å². The molecule has 0 aliphatic rings. The van der Waals surface area contributed by atoms with E-state index in [0.717, 1.165) is 11.3 Å². The third kappa shape index (κ3) is 2.78. The Hall–Kier alpha value is -3.03. The molecule has 1 atom stereocenters. The van der Waals surface area contributed by atoms with Gasteiger partial charge >= 0.3 is 0 Å². The van der Waals surface area contributed by atoms with E-state index in [4.69, 9.17) is 0 Å². The SMILES string of the molecule is C[C@@H](NC(=O)c1cn[nH]n1)c1ccc(-n2cncn2)cc1. The van der Waals surface area contributed by atoms with E-state index in [1.54, 1.807) is 11.0 Å². The molecule has 3 rings (SSSR count). The molecule has 2 aromatic heterocycles. The third-order valence-electron chi connectivity index (χ3n) is 3.07. The number of aromatic nitrogens is 6. The minimum absolute atomic E-state index is 0.140. The molecule has 0 aliphatic heterocycles. The largest absolute Gasteiger partial charge is 0.344 e. The molecule has 0 saturated carbocycles. The standard InChI is InChI=1S/C13H13N7O/c1-9(17-13(21)12-6-15-19-18-12)10-2-4-11(5-3-10)20-8-14-7-16-20/h2-9H,1H3,(H,17,21)(H,15,18,19)/t9-/m1/s1. The lowest BCUT2D eigenvalue weighted by molar-refractivity contribution is 0.0935. The Balaban J connectivity index is 1.70. The van der Waals surface area contributed by atoms with Gasteiger partial charge in [0, 0.05) is 0 Å². The van der Waals surface area contributed by atoms with Crippen LogP contribution in [0.15, 0.2) is 43.1 Å². The van der Waals surface area contributed by atoms with Crippen LogP contribution in [0, 0.1) is 0 Å². The fourth-order valence-electron chi connectivity index (χ4n) is 1.92. The molecule has 1 aromatic carbocycles. The molecule has 2 N–H and O–H groups in total. The molecule has 8 heteroatoms. The van der Waals surface area contributed by atoms with Gasteiger partial charge in [0.2, 0.25) is 0 Å². The monoisotopic (exact) mass is 283 g/mol. The Bertz CT molecular complexity index is 704. The summed E-state index contributed by atoms with van der Waals surface area (Å²) in [6, 6.07) is 7.57. The molecule has 3 aromatic rings. The predicted octanol–water partition coefficient (Wildman–Crippen LogP) is 0.876. The second-order valence-corrected chi connectivity index (χ2v) is 4.48. The Morgan fingerprint density at radius 1 is 1.33 bits per heavy atom. The zero-order valence-electron chi connectivity index (χ0n) is 11.3. The van der Waals surface area contributed by atoms with E-state index < -0.39 is 0 Å². The Kier molecular flexibility index (Phi) is 3.42. The van der Waals surface area contributed by atoms with Crippen molar-refractivity contribution in [3.63, 3.8) is 0 Å². The number of nitrogens with zero attached hydrogens (tertiary/aromatic N) is 5. The van der Waals surface area contributed by atoms with Gasteiger partial charge < -0.3 is 5.32 Å². The van der Waals surface area contributed by atoms with Crippen LogP contribution in [0.4, 0.5) is 0 Å². The highest BCUT2D eigenvalue weighted by Gasteiger charge is 2.13. The summed E-state index contributed by atoms with van der Waals surface area (Å²) in [5.74, 6) is -0.267. The van der Waals surface area contributed by atoms with E-state index in [1.165, 1.54) is 12.5 Å². The first-order valence-corrected chi connectivity index (χ1v) is 6.35. The van der Waals surface area contributed by atoms with Crippen LogP contribution in [0.5, 0.6) is 0 Å². The fraction of sp³-hybridized carbons (Fsp3) is 0.154. The first kappa shape index (κ1) is 13.0. The summed E-state index contributed by atoms with van der Waals surface area (Å²) in [6.45, 7) is 1.91. The van der Waals surface area contributed by atoms with Crippen molar-refractivity contribution in [2.24, 2.45) is 0 Å². The minimum atomic E-state index is -0.267. The van der Waals surface area contributed by atoms with Crippen molar-refractivity contribution in [3.8, 4) is 5.69 Å². The maximum atomic E-state index is 11.9.